The Morgan fingerprint density at radius 1 is 1.39 bits per heavy atom. The summed E-state index contributed by atoms with van der Waals surface area (Å²) in [6.45, 7) is 1.65. The summed E-state index contributed by atoms with van der Waals surface area (Å²) in [7, 11) is 0. The quantitative estimate of drug-likeness (QED) is 0.820. The molecule has 18 heavy (non-hydrogen) atoms. The van der Waals surface area contributed by atoms with Crippen molar-refractivity contribution < 1.29 is 0 Å². The molecule has 4 heteroatoms. The molecule has 1 aromatic heterocycles. The number of hydrogen-bond donors (Lipinski definition) is 1. The van der Waals surface area contributed by atoms with E-state index in [2.05, 4.69) is 16.0 Å². The van der Waals surface area contributed by atoms with E-state index in [9.17, 15) is 5.26 Å². The van der Waals surface area contributed by atoms with Gasteiger partial charge < -0.3 is 10.6 Å². The van der Waals surface area contributed by atoms with Crippen molar-refractivity contribution in [2.75, 3.05) is 18.0 Å². The lowest BCUT2D eigenvalue weighted by atomic mass is 10.1. The van der Waals surface area contributed by atoms with Crippen LogP contribution in [0.15, 0.2) is 30.3 Å². The maximum absolute atomic E-state index is 9.26. The van der Waals surface area contributed by atoms with Gasteiger partial charge in [-0.1, -0.05) is 18.2 Å². The van der Waals surface area contributed by atoms with Crippen LogP contribution in [0.25, 0.3) is 10.9 Å². The maximum Gasteiger partial charge on any atom is 0.147 e. The predicted octanol–water partition coefficient (Wildman–Crippen LogP) is 1.64. The van der Waals surface area contributed by atoms with E-state index >= 15 is 0 Å². The van der Waals surface area contributed by atoms with E-state index in [1.165, 1.54) is 0 Å². The van der Waals surface area contributed by atoms with Crippen LogP contribution in [0.1, 0.15) is 12.0 Å². The number of nitriles is 1. The zero-order valence-corrected chi connectivity index (χ0v) is 10.0. The molecule has 0 bridgehead atoms. The second kappa shape index (κ2) is 4.28. The molecule has 1 unspecified atom stereocenters. The Balaban J connectivity index is 2.13. The minimum atomic E-state index is 0.185. The molecule has 0 spiro atoms. The molecular formula is C14H14N4. The molecule has 1 atom stereocenters. The first-order valence-electron chi connectivity index (χ1n) is 6.08. The summed E-state index contributed by atoms with van der Waals surface area (Å²) in [5.41, 5.74) is 7.47. The van der Waals surface area contributed by atoms with Gasteiger partial charge in [0, 0.05) is 24.5 Å². The topological polar surface area (TPSA) is 65.9 Å². The minimum Gasteiger partial charge on any atom is -0.354 e. The lowest BCUT2D eigenvalue weighted by Gasteiger charge is -2.18. The van der Waals surface area contributed by atoms with Crippen LogP contribution in [-0.2, 0) is 0 Å². The first-order chi connectivity index (χ1) is 8.78. The molecule has 4 nitrogen and oxygen atoms in total. The molecule has 1 saturated heterocycles. The number of benzene rings is 1. The third-order valence-electron chi connectivity index (χ3n) is 3.35. The highest BCUT2D eigenvalue weighted by Gasteiger charge is 2.22. The molecule has 2 heterocycles. The summed E-state index contributed by atoms with van der Waals surface area (Å²) in [4.78, 5) is 6.72. The van der Waals surface area contributed by atoms with E-state index in [1.54, 1.807) is 0 Å². The molecule has 1 aliphatic heterocycles. The third kappa shape index (κ3) is 1.79. The van der Waals surface area contributed by atoms with E-state index in [4.69, 9.17) is 5.73 Å². The standard InChI is InChI=1S/C14H14N4/c15-8-11-7-10-3-1-2-4-13(10)17-14(11)18-6-5-12(16)9-18/h1-4,7,12H,5-6,9,16H2. The first kappa shape index (κ1) is 11.0. The molecule has 3 rings (SSSR count). The van der Waals surface area contributed by atoms with Crippen molar-refractivity contribution >= 4 is 16.7 Å². The largest absolute Gasteiger partial charge is 0.354 e. The number of fused-ring (bicyclic) bond motifs is 1. The van der Waals surface area contributed by atoms with Crippen LogP contribution in [0, 0.1) is 11.3 Å². The Labute approximate surface area is 106 Å². The normalized spacial score (nSPS) is 19.1. The number of anilines is 1. The number of nitrogens with zero attached hydrogens (tertiary/aromatic N) is 3. The second-order valence-electron chi connectivity index (χ2n) is 4.66. The number of aromatic nitrogens is 1. The average molecular weight is 238 g/mol. The molecule has 0 amide bonds. The predicted molar refractivity (Wildman–Crippen MR) is 71.3 cm³/mol. The first-order valence-corrected chi connectivity index (χ1v) is 6.08. The number of nitrogens with two attached hydrogens (primary N) is 1. The van der Waals surface area contributed by atoms with E-state index in [1.807, 2.05) is 30.3 Å². The van der Waals surface area contributed by atoms with E-state index in [0.717, 1.165) is 36.2 Å². The van der Waals surface area contributed by atoms with Crippen LogP contribution in [-0.4, -0.2) is 24.1 Å². The fourth-order valence-electron chi connectivity index (χ4n) is 2.41. The molecule has 0 aliphatic carbocycles. The van der Waals surface area contributed by atoms with Gasteiger partial charge in [-0.2, -0.15) is 5.26 Å². The summed E-state index contributed by atoms with van der Waals surface area (Å²) in [6, 6.07) is 12.2. The van der Waals surface area contributed by atoms with E-state index < -0.39 is 0 Å². The number of hydrogen-bond acceptors (Lipinski definition) is 4. The van der Waals surface area contributed by atoms with Crippen LogP contribution >= 0.6 is 0 Å². The van der Waals surface area contributed by atoms with Crippen molar-refractivity contribution in [3.63, 3.8) is 0 Å². The lowest BCUT2D eigenvalue weighted by Crippen LogP contribution is -2.27. The van der Waals surface area contributed by atoms with Crippen molar-refractivity contribution in [2.24, 2.45) is 5.73 Å². The molecule has 2 aromatic rings. The average Bonchev–Trinajstić information content (AvgIpc) is 2.83. The monoisotopic (exact) mass is 238 g/mol. The molecule has 1 fully saturated rings. The number of para-hydroxylation sites is 1. The summed E-state index contributed by atoms with van der Waals surface area (Å²) < 4.78 is 0. The molecule has 2 N–H and O–H groups in total. The molecule has 0 saturated carbocycles. The van der Waals surface area contributed by atoms with Crippen LogP contribution < -0.4 is 10.6 Å². The van der Waals surface area contributed by atoms with Crippen molar-refractivity contribution in [3.05, 3.63) is 35.9 Å². The Kier molecular flexibility index (Phi) is 2.62. The highest BCUT2D eigenvalue weighted by atomic mass is 15.2. The van der Waals surface area contributed by atoms with Gasteiger partial charge >= 0.3 is 0 Å². The Morgan fingerprint density at radius 2 is 2.22 bits per heavy atom. The summed E-state index contributed by atoms with van der Waals surface area (Å²) in [5.74, 6) is 0.768. The molecule has 0 radical (unpaired) electrons. The van der Waals surface area contributed by atoms with Gasteiger partial charge in [-0.15, -0.1) is 0 Å². The van der Waals surface area contributed by atoms with Gasteiger partial charge in [0.2, 0.25) is 0 Å². The van der Waals surface area contributed by atoms with Gasteiger partial charge in [-0.3, -0.25) is 0 Å². The molecule has 1 aromatic carbocycles. The van der Waals surface area contributed by atoms with Crippen molar-refractivity contribution in [1.29, 1.82) is 5.26 Å². The lowest BCUT2D eigenvalue weighted by molar-refractivity contribution is 0.751. The zero-order valence-electron chi connectivity index (χ0n) is 10.0. The summed E-state index contributed by atoms with van der Waals surface area (Å²) in [5, 5.41) is 10.3. The Hall–Kier alpha value is -2.12. The fraction of sp³-hybridized carbons (Fsp3) is 0.286. The van der Waals surface area contributed by atoms with Gasteiger partial charge in [0.1, 0.15) is 11.9 Å². The van der Waals surface area contributed by atoms with Crippen molar-refractivity contribution in [1.82, 2.24) is 4.98 Å². The van der Waals surface area contributed by atoms with Crippen molar-refractivity contribution in [2.45, 2.75) is 12.5 Å². The highest BCUT2D eigenvalue weighted by Crippen LogP contribution is 2.25. The molecule has 90 valence electrons. The van der Waals surface area contributed by atoms with Gasteiger partial charge in [-0.05, 0) is 18.6 Å². The zero-order chi connectivity index (χ0) is 12.5. The Bertz CT molecular complexity index is 629. The molecule has 1 aliphatic rings. The second-order valence-corrected chi connectivity index (χ2v) is 4.66. The molecular weight excluding hydrogens is 224 g/mol. The SMILES string of the molecule is N#Cc1cc2ccccc2nc1N1CCC(N)C1. The van der Waals surface area contributed by atoms with E-state index in [0.29, 0.717) is 5.56 Å². The number of pyridine rings is 1. The fourth-order valence-corrected chi connectivity index (χ4v) is 2.41. The van der Waals surface area contributed by atoms with Crippen molar-refractivity contribution in [3.8, 4) is 6.07 Å². The van der Waals surface area contributed by atoms with Crippen LogP contribution in [0.4, 0.5) is 5.82 Å². The number of rotatable bonds is 1. The van der Waals surface area contributed by atoms with Gasteiger partial charge in [-0.25, -0.2) is 4.98 Å². The maximum atomic E-state index is 9.26. The van der Waals surface area contributed by atoms with Crippen LogP contribution in [0.3, 0.4) is 0 Å². The van der Waals surface area contributed by atoms with Crippen LogP contribution in [0.2, 0.25) is 0 Å². The smallest absolute Gasteiger partial charge is 0.147 e. The van der Waals surface area contributed by atoms with Crippen LogP contribution in [0.5, 0.6) is 0 Å². The minimum absolute atomic E-state index is 0.185. The highest BCUT2D eigenvalue weighted by molar-refractivity contribution is 5.83. The van der Waals surface area contributed by atoms with Gasteiger partial charge in [0.15, 0.2) is 0 Å². The third-order valence-corrected chi connectivity index (χ3v) is 3.35. The van der Waals surface area contributed by atoms with E-state index in [-0.39, 0.29) is 6.04 Å². The van der Waals surface area contributed by atoms with Gasteiger partial charge in [0.05, 0.1) is 11.1 Å². The Morgan fingerprint density at radius 3 is 2.94 bits per heavy atom. The van der Waals surface area contributed by atoms with Gasteiger partial charge in [0.25, 0.3) is 0 Å². The summed E-state index contributed by atoms with van der Waals surface area (Å²) >= 11 is 0. The summed E-state index contributed by atoms with van der Waals surface area (Å²) in [6.07, 6.45) is 0.958.